The van der Waals surface area contributed by atoms with Crippen LogP contribution >= 0.6 is 0 Å². The van der Waals surface area contributed by atoms with Crippen LogP contribution in [0.3, 0.4) is 0 Å². The first-order valence-electron chi connectivity index (χ1n) is 10.7. The number of amides is 1. The van der Waals surface area contributed by atoms with Crippen molar-refractivity contribution >= 4 is 23.5 Å². The van der Waals surface area contributed by atoms with E-state index in [0.717, 1.165) is 29.0 Å². The molecule has 0 radical (unpaired) electrons. The number of nitrogens with zero attached hydrogens (tertiary/aromatic N) is 3. The van der Waals surface area contributed by atoms with E-state index in [1.807, 2.05) is 33.2 Å². The van der Waals surface area contributed by atoms with Gasteiger partial charge >= 0.3 is 0 Å². The van der Waals surface area contributed by atoms with Crippen molar-refractivity contribution in [3.8, 4) is 0 Å². The molecule has 1 aromatic heterocycles. The van der Waals surface area contributed by atoms with E-state index in [1.54, 1.807) is 20.2 Å². The van der Waals surface area contributed by atoms with Crippen molar-refractivity contribution in [3.05, 3.63) is 65.4 Å². The Balaban J connectivity index is 2.14. The van der Waals surface area contributed by atoms with Gasteiger partial charge in [-0.15, -0.1) is 0 Å². The third kappa shape index (κ3) is 5.36. The van der Waals surface area contributed by atoms with E-state index in [-0.39, 0.29) is 23.5 Å². The minimum Gasteiger partial charge on any atom is -0.355 e. The number of carbonyl (C=O) groups excluding carboxylic acids is 2. The number of aromatic nitrogens is 2. The fourth-order valence-electron chi connectivity index (χ4n) is 3.71. The molecule has 32 heavy (non-hydrogen) atoms. The fourth-order valence-corrected chi connectivity index (χ4v) is 3.71. The number of nitrogens with one attached hydrogen (secondary N) is 1. The molecule has 0 aromatic carbocycles. The van der Waals surface area contributed by atoms with Gasteiger partial charge in [0.1, 0.15) is 11.6 Å². The lowest BCUT2D eigenvalue weighted by atomic mass is 9.57. The second-order valence-electron chi connectivity index (χ2n) is 9.09. The van der Waals surface area contributed by atoms with Crippen molar-refractivity contribution < 1.29 is 9.59 Å². The van der Waals surface area contributed by atoms with Gasteiger partial charge in [-0.25, -0.2) is 9.97 Å². The minimum absolute atomic E-state index is 0.103. The van der Waals surface area contributed by atoms with Crippen LogP contribution in [-0.4, -0.2) is 34.9 Å². The molecule has 1 N–H and O–H groups in total. The number of allylic oxidation sites excluding steroid dienone is 5. The molecule has 0 spiro atoms. The molecule has 0 fully saturated rings. The summed E-state index contributed by atoms with van der Waals surface area (Å²) in [5, 5.41) is 2.54. The van der Waals surface area contributed by atoms with Crippen molar-refractivity contribution in [2.24, 2.45) is 15.8 Å². The molecule has 6 heteroatoms. The molecule has 0 aliphatic heterocycles. The van der Waals surface area contributed by atoms with Gasteiger partial charge in [-0.2, -0.15) is 0 Å². The highest BCUT2D eigenvalue weighted by Crippen LogP contribution is 2.51. The molecule has 170 valence electrons. The zero-order valence-electron chi connectivity index (χ0n) is 20.2. The number of aryl methyl sites for hydroxylation is 1. The second-order valence-corrected chi connectivity index (χ2v) is 9.09. The minimum atomic E-state index is -0.607. The fraction of sp³-hybridized carbons (Fsp3) is 0.423. The van der Waals surface area contributed by atoms with Gasteiger partial charge in [0.25, 0.3) is 0 Å². The Morgan fingerprint density at radius 2 is 1.91 bits per heavy atom. The van der Waals surface area contributed by atoms with E-state index in [0.29, 0.717) is 11.1 Å². The molecule has 1 aromatic rings. The molecule has 2 rings (SSSR count). The molecule has 1 aliphatic carbocycles. The first-order valence-corrected chi connectivity index (χ1v) is 10.7. The summed E-state index contributed by atoms with van der Waals surface area (Å²) in [5.74, 6) is 0.652. The summed E-state index contributed by atoms with van der Waals surface area (Å²) < 4.78 is 0. The van der Waals surface area contributed by atoms with Crippen LogP contribution in [0.15, 0.2) is 59.0 Å². The SMILES string of the molecule is C=C(C=N/C=C(\C)C(=O)NC)CC(=O)C(C)(C)C1(C)CC=C(c2cnc(C)nc2)C=C1C. The van der Waals surface area contributed by atoms with Gasteiger partial charge in [0.05, 0.1) is 0 Å². The van der Waals surface area contributed by atoms with Crippen molar-refractivity contribution in [1.82, 2.24) is 15.3 Å². The van der Waals surface area contributed by atoms with E-state index >= 15 is 0 Å². The van der Waals surface area contributed by atoms with Crippen LogP contribution in [0, 0.1) is 17.8 Å². The molecule has 0 bridgehead atoms. The molecular weight excluding hydrogens is 400 g/mol. The molecule has 1 unspecified atom stereocenters. The van der Waals surface area contributed by atoms with Crippen molar-refractivity contribution in [2.45, 2.75) is 54.4 Å². The zero-order chi connectivity index (χ0) is 24.1. The summed E-state index contributed by atoms with van der Waals surface area (Å²) in [6, 6.07) is 0. The highest BCUT2D eigenvalue weighted by atomic mass is 16.1. The number of hydrogen-bond acceptors (Lipinski definition) is 5. The predicted octanol–water partition coefficient (Wildman–Crippen LogP) is 4.79. The smallest absolute Gasteiger partial charge is 0.248 e. The van der Waals surface area contributed by atoms with Gasteiger partial charge in [-0.1, -0.05) is 45.1 Å². The van der Waals surface area contributed by atoms with E-state index < -0.39 is 5.41 Å². The molecule has 1 aliphatic rings. The van der Waals surface area contributed by atoms with Crippen molar-refractivity contribution in [3.63, 3.8) is 0 Å². The van der Waals surface area contributed by atoms with Gasteiger partial charge in [-0.05, 0) is 38.3 Å². The molecule has 1 heterocycles. The monoisotopic (exact) mass is 434 g/mol. The summed E-state index contributed by atoms with van der Waals surface area (Å²) in [4.78, 5) is 37.5. The van der Waals surface area contributed by atoms with Crippen molar-refractivity contribution in [2.75, 3.05) is 7.05 Å². The summed E-state index contributed by atoms with van der Waals surface area (Å²) in [7, 11) is 1.57. The largest absolute Gasteiger partial charge is 0.355 e. The van der Waals surface area contributed by atoms with E-state index in [4.69, 9.17) is 0 Å². The van der Waals surface area contributed by atoms with Gasteiger partial charge in [0, 0.05) is 60.2 Å². The van der Waals surface area contributed by atoms with Crippen LogP contribution in [0.25, 0.3) is 5.57 Å². The topological polar surface area (TPSA) is 84.3 Å². The van der Waals surface area contributed by atoms with Crippen LogP contribution in [-0.2, 0) is 9.59 Å². The number of rotatable bonds is 8. The maximum absolute atomic E-state index is 13.3. The zero-order valence-corrected chi connectivity index (χ0v) is 20.2. The Morgan fingerprint density at radius 1 is 1.28 bits per heavy atom. The molecule has 1 atom stereocenters. The lowest BCUT2D eigenvalue weighted by molar-refractivity contribution is -0.131. The molecule has 0 saturated carbocycles. The Kier molecular flexibility index (Phi) is 7.83. The third-order valence-electron chi connectivity index (χ3n) is 6.66. The predicted molar refractivity (Wildman–Crippen MR) is 130 cm³/mol. The normalized spacial score (nSPS) is 19.4. The third-order valence-corrected chi connectivity index (χ3v) is 6.66. The summed E-state index contributed by atoms with van der Waals surface area (Å²) in [5.41, 5.74) is 3.37. The first-order chi connectivity index (χ1) is 14.9. The number of likely N-dealkylation sites (N-methyl/N-ethyl adjacent to an activating group) is 1. The number of ketones is 1. The summed E-state index contributed by atoms with van der Waals surface area (Å²) in [6.07, 6.45) is 11.9. The van der Waals surface area contributed by atoms with Crippen LogP contribution in [0.1, 0.15) is 58.8 Å². The van der Waals surface area contributed by atoms with Gasteiger partial charge in [-0.3, -0.25) is 14.6 Å². The Hall–Kier alpha value is -3.15. The molecule has 6 nitrogen and oxygen atoms in total. The van der Waals surface area contributed by atoms with Crippen LogP contribution in [0.5, 0.6) is 0 Å². The highest BCUT2D eigenvalue weighted by molar-refractivity contribution is 5.95. The van der Waals surface area contributed by atoms with Crippen molar-refractivity contribution in [1.29, 1.82) is 0 Å². The lowest BCUT2D eigenvalue weighted by Crippen LogP contribution is -2.43. The summed E-state index contributed by atoms with van der Waals surface area (Å²) >= 11 is 0. The average molecular weight is 435 g/mol. The van der Waals surface area contributed by atoms with Gasteiger partial charge in [0.15, 0.2) is 0 Å². The highest BCUT2D eigenvalue weighted by Gasteiger charge is 2.47. The maximum Gasteiger partial charge on any atom is 0.248 e. The molecule has 0 saturated heterocycles. The van der Waals surface area contributed by atoms with Gasteiger partial charge < -0.3 is 5.32 Å². The quantitative estimate of drug-likeness (QED) is 0.471. The standard InChI is InChI=1S/C26H34N4O2/c1-17(13-28-14-18(2)24(32)27-8)11-23(31)25(5,6)26(7)10-9-21(12-19(26)3)22-15-29-20(4)30-16-22/h9,12-16H,1,10-11H2,2-8H3,(H,27,32)/b18-14+,28-13?. The Labute approximate surface area is 191 Å². The number of aliphatic imine (C=N–C) groups is 1. The molecule has 1 amide bonds. The Morgan fingerprint density at radius 3 is 2.47 bits per heavy atom. The van der Waals surface area contributed by atoms with Crippen LogP contribution in [0.4, 0.5) is 0 Å². The average Bonchev–Trinajstić information content (AvgIpc) is 2.75. The first kappa shape index (κ1) is 25.1. The Bertz CT molecular complexity index is 1030. The van der Waals surface area contributed by atoms with E-state index in [1.165, 1.54) is 6.20 Å². The summed E-state index contributed by atoms with van der Waals surface area (Å²) in [6.45, 7) is 15.7. The number of Topliss-reactive ketones (excluding diaryl/α,β-unsaturated/α-hetero) is 1. The number of carbonyl (C=O) groups is 2. The number of hydrogen-bond donors (Lipinski definition) is 1. The lowest BCUT2D eigenvalue weighted by Gasteiger charge is -2.45. The van der Waals surface area contributed by atoms with Crippen LogP contribution in [0.2, 0.25) is 0 Å². The maximum atomic E-state index is 13.3. The van der Waals surface area contributed by atoms with Gasteiger partial charge in [0.2, 0.25) is 5.91 Å². The molecular formula is C26H34N4O2. The second kappa shape index (κ2) is 9.98. The van der Waals surface area contributed by atoms with Crippen LogP contribution < -0.4 is 5.32 Å². The van der Waals surface area contributed by atoms with E-state index in [2.05, 4.69) is 52.9 Å². The van der Waals surface area contributed by atoms with E-state index in [9.17, 15) is 9.59 Å².